The molecular formula is C14H23NOS. The fraction of sp³-hybridized carbons (Fsp3) is 0.714. The summed E-state index contributed by atoms with van der Waals surface area (Å²) >= 11 is 1.78. The van der Waals surface area contributed by atoms with Crippen LogP contribution >= 0.6 is 11.3 Å². The molecule has 1 fully saturated rings. The molecule has 0 amide bonds. The zero-order valence-corrected chi connectivity index (χ0v) is 11.6. The minimum Gasteiger partial charge on any atom is -0.368 e. The molecule has 1 aliphatic carbocycles. The molecule has 1 aromatic heterocycles. The highest BCUT2D eigenvalue weighted by Crippen LogP contribution is 2.34. The Morgan fingerprint density at radius 2 is 2.18 bits per heavy atom. The van der Waals surface area contributed by atoms with Gasteiger partial charge < -0.3 is 10.5 Å². The second-order valence-electron chi connectivity index (χ2n) is 5.00. The molecule has 0 spiro atoms. The monoisotopic (exact) mass is 253 g/mol. The van der Waals surface area contributed by atoms with Gasteiger partial charge in [0.25, 0.3) is 0 Å². The van der Waals surface area contributed by atoms with Crippen molar-refractivity contribution in [2.24, 2.45) is 5.73 Å². The van der Waals surface area contributed by atoms with Gasteiger partial charge in [0.15, 0.2) is 0 Å². The third kappa shape index (κ3) is 3.09. The summed E-state index contributed by atoms with van der Waals surface area (Å²) in [6.45, 7) is 4.29. The Balaban J connectivity index is 2.10. The summed E-state index contributed by atoms with van der Waals surface area (Å²) in [5, 5.41) is 2.14. The van der Waals surface area contributed by atoms with E-state index in [1.165, 1.54) is 36.1 Å². The second-order valence-corrected chi connectivity index (χ2v) is 5.95. The zero-order chi connectivity index (χ0) is 12.3. The first kappa shape index (κ1) is 13.1. The molecular weight excluding hydrogens is 230 g/mol. The molecule has 2 atom stereocenters. The van der Waals surface area contributed by atoms with Gasteiger partial charge in [-0.3, -0.25) is 0 Å². The number of hydrogen-bond acceptors (Lipinski definition) is 3. The number of thiophene rings is 1. The van der Waals surface area contributed by atoms with Gasteiger partial charge in [-0.15, -0.1) is 11.3 Å². The van der Waals surface area contributed by atoms with E-state index in [2.05, 4.69) is 25.3 Å². The smallest absolute Gasteiger partial charge is 0.107 e. The quantitative estimate of drug-likeness (QED) is 0.866. The fourth-order valence-electron chi connectivity index (χ4n) is 2.48. The van der Waals surface area contributed by atoms with Gasteiger partial charge in [-0.05, 0) is 43.2 Å². The number of ether oxygens (including phenoxy) is 1. The highest BCUT2D eigenvalue weighted by molar-refractivity contribution is 7.10. The maximum Gasteiger partial charge on any atom is 0.107 e. The normalized spacial score (nSPS) is 20.6. The molecule has 0 aliphatic heterocycles. The van der Waals surface area contributed by atoms with E-state index < -0.39 is 0 Å². The van der Waals surface area contributed by atoms with Crippen molar-refractivity contribution in [3.63, 3.8) is 0 Å². The van der Waals surface area contributed by atoms with Crippen molar-refractivity contribution in [3.8, 4) is 0 Å². The molecule has 0 radical (unpaired) electrons. The van der Waals surface area contributed by atoms with E-state index in [4.69, 9.17) is 10.5 Å². The van der Waals surface area contributed by atoms with Crippen LogP contribution in [0.4, 0.5) is 0 Å². The standard InChI is InChI=1S/C14H23NOS/c1-3-12(15)13(14-10(2)8-9-17-14)16-11-6-4-5-7-11/h8-9,11-13H,3-7,15H2,1-2H3. The molecule has 1 aromatic rings. The van der Waals surface area contributed by atoms with Crippen LogP contribution in [0.15, 0.2) is 11.4 Å². The molecule has 1 heterocycles. The fourth-order valence-corrected chi connectivity index (χ4v) is 3.52. The van der Waals surface area contributed by atoms with E-state index in [0.29, 0.717) is 6.10 Å². The van der Waals surface area contributed by atoms with Crippen LogP contribution in [0, 0.1) is 6.92 Å². The molecule has 0 saturated heterocycles. The van der Waals surface area contributed by atoms with E-state index in [1.807, 2.05) is 0 Å². The van der Waals surface area contributed by atoms with Gasteiger partial charge in [0, 0.05) is 10.9 Å². The Morgan fingerprint density at radius 3 is 2.71 bits per heavy atom. The van der Waals surface area contributed by atoms with Gasteiger partial charge in [0.1, 0.15) is 6.10 Å². The maximum absolute atomic E-state index is 6.27. The molecule has 2 rings (SSSR count). The van der Waals surface area contributed by atoms with Gasteiger partial charge in [-0.25, -0.2) is 0 Å². The largest absolute Gasteiger partial charge is 0.368 e. The molecule has 2 nitrogen and oxygen atoms in total. The number of nitrogens with two attached hydrogens (primary N) is 1. The lowest BCUT2D eigenvalue weighted by atomic mass is 10.0. The molecule has 3 heteroatoms. The predicted molar refractivity (Wildman–Crippen MR) is 73.4 cm³/mol. The second kappa shape index (κ2) is 5.98. The first-order valence-corrected chi connectivity index (χ1v) is 7.55. The van der Waals surface area contributed by atoms with E-state index >= 15 is 0 Å². The van der Waals surface area contributed by atoms with Crippen LogP contribution in [0.1, 0.15) is 55.6 Å². The van der Waals surface area contributed by atoms with Gasteiger partial charge in [0.2, 0.25) is 0 Å². The minimum absolute atomic E-state index is 0.100. The van der Waals surface area contributed by atoms with Gasteiger partial charge in [0.05, 0.1) is 6.10 Å². The lowest BCUT2D eigenvalue weighted by molar-refractivity contribution is -0.0220. The van der Waals surface area contributed by atoms with E-state index in [0.717, 1.165) is 6.42 Å². The average Bonchev–Trinajstić information content (AvgIpc) is 2.96. The Kier molecular flexibility index (Phi) is 4.60. The molecule has 0 bridgehead atoms. The third-order valence-electron chi connectivity index (χ3n) is 3.66. The number of hydrogen-bond donors (Lipinski definition) is 1. The van der Waals surface area contributed by atoms with Crippen LogP contribution in [-0.2, 0) is 4.74 Å². The first-order valence-electron chi connectivity index (χ1n) is 6.67. The van der Waals surface area contributed by atoms with Crippen molar-refractivity contribution in [2.75, 3.05) is 0 Å². The predicted octanol–water partition coefficient (Wildman–Crippen LogP) is 3.79. The summed E-state index contributed by atoms with van der Waals surface area (Å²) in [4.78, 5) is 1.33. The van der Waals surface area contributed by atoms with Crippen molar-refractivity contribution in [1.82, 2.24) is 0 Å². The minimum atomic E-state index is 0.100. The topological polar surface area (TPSA) is 35.2 Å². The highest BCUT2D eigenvalue weighted by atomic mass is 32.1. The molecule has 96 valence electrons. The van der Waals surface area contributed by atoms with Crippen LogP contribution in [0.25, 0.3) is 0 Å². The summed E-state index contributed by atoms with van der Waals surface area (Å²) in [7, 11) is 0. The first-order chi connectivity index (χ1) is 8.22. The van der Waals surface area contributed by atoms with Gasteiger partial charge >= 0.3 is 0 Å². The van der Waals surface area contributed by atoms with Crippen molar-refractivity contribution >= 4 is 11.3 Å². The van der Waals surface area contributed by atoms with Crippen LogP contribution in [0.3, 0.4) is 0 Å². The van der Waals surface area contributed by atoms with Crippen molar-refractivity contribution in [3.05, 3.63) is 21.9 Å². The van der Waals surface area contributed by atoms with E-state index in [1.54, 1.807) is 11.3 Å². The number of aryl methyl sites for hydroxylation is 1. The Bertz CT molecular complexity index is 344. The molecule has 2 unspecified atom stereocenters. The van der Waals surface area contributed by atoms with Crippen LogP contribution in [0.5, 0.6) is 0 Å². The van der Waals surface area contributed by atoms with E-state index in [-0.39, 0.29) is 12.1 Å². The summed E-state index contributed by atoms with van der Waals surface area (Å²) in [5.74, 6) is 0. The molecule has 1 aliphatic rings. The highest BCUT2D eigenvalue weighted by Gasteiger charge is 2.27. The average molecular weight is 253 g/mol. The molecule has 0 aromatic carbocycles. The molecule has 17 heavy (non-hydrogen) atoms. The summed E-state index contributed by atoms with van der Waals surface area (Å²) in [6, 6.07) is 2.28. The third-order valence-corrected chi connectivity index (χ3v) is 4.74. The molecule has 1 saturated carbocycles. The van der Waals surface area contributed by atoms with Gasteiger partial charge in [-0.2, -0.15) is 0 Å². The van der Waals surface area contributed by atoms with Gasteiger partial charge in [-0.1, -0.05) is 19.8 Å². The van der Waals surface area contributed by atoms with Crippen molar-refractivity contribution in [2.45, 2.75) is 64.2 Å². The summed E-state index contributed by atoms with van der Waals surface area (Å²) < 4.78 is 6.27. The SMILES string of the molecule is CCC(N)C(OC1CCCC1)c1sccc1C. The van der Waals surface area contributed by atoms with Crippen molar-refractivity contribution < 1.29 is 4.74 Å². The van der Waals surface area contributed by atoms with Crippen LogP contribution < -0.4 is 5.73 Å². The number of rotatable bonds is 5. The van der Waals surface area contributed by atoms with E-state index in [9.17, 15) is 0 Å². The lowest BCUT2D eigenvalue weighted by Gasteiger charge is -2.26. The summed E-state index contributed by atoms with van der Waals surface area (Å²) in [5.41, 5.74) is 7.56. The maximum atomic E-state index is 6.27. The lowest BCUT2D eigenvalue weighted by Crippen LogP contribution is -2.31. The Labute approximate surface area is 108 Å². The molecule has 2 N–H and O–H groups in total. The summed E-state index contributed by atoms with van der Waals surface area (Å²) in [6.07, 6.45) is 6.52. The Hall–Kier alpha value is -0.380. The zero-order valence-electron chi connectivity index (χ0n) is 10.8. The van der Waals surface area contributed by atoms with Crippen molar-refractivity contribution in [1.29, 1.82) is 0 Å². The Morgan fingerprint density at radius 1 is 1.47 bits per heavy atom. The van der Waals surface area contributed by atoms with Crippen LogP contribution in [0.2, 0.25) is 0 Å². The van der Waals surface area contributed by atoms with Crippen LogP contribution in [-0.4, -0.2) is 12.1 Å².